The fraction of sp³-hybridized carbons (Fsp3) is 0.348. The number of hydrogen-bond acceptors (Lipinski definition) is 4. The molecule has 0 radical (unpaired) electrons. The Morgan fingerprint density at radius 1 is 0.933 bits per heavy atom. The zero-order chi connectivity index (χ0) is 20.5. The Morgan fingerprint density at radius 2 is 1.67 bits per heavy atom. The van der Waals surface area contributed by atoms with E-state index in [-0.39, 0.29) is 17.7 Å². The van der Waals surface area contributed by atoms with Gasteiger partial charge in [-0.15, -0.1) is 0 Å². The summed E-state index contributed by atoms with van der Waals surface area (Å²) in [6.45, 7) is 2.25. The lowest BCUT2D eigenvalue weighted by atomic mass is 9.84. The van der Waals surface area contributed by atoms with Crippen LogP contribution in [0.5, 0.6) is 0 Å². The van der Waals surface area contributed by atoms with Gasteiger partial charge in [0.25, 0.3) is 5.91 Å². The molecular formula is C23H24N4O3. The maximum Gasteiger partial charge on any atom is 0.272 e. The maximum atomic E-state index is 13.4. The van der Waals surface area contributed by atoms with Gasteiger partial charge < -0.3 is 14.2 Å². The van der Waals surface area contributed by atoms with Crippen molar-refractivity contribution in [1.29, 1.82) is 0 Å². The highest BCUT2D eigenvalue weighted by Crippen LogP contribution is 2.29. The van der Waals surface area contributed by atoms with Crippen LogP contribution in [0.25, 0.3) is 17.1 Å². The molecule has 2 fully saturated rings. The van der Waals surface area contributed by atoms with E-state index in [1.54, 1.807) is 23.1 Å². The van der Waals surface area contributed by atoms with Gasteiger partial charge in [-0.05, 0) is 37.1 Å². The van der Waals surface area contributed by atoms with Gasteiger partial charge in [0.1, 0.15) is 11.4 Å². The first-order valence-corrected chi connectivity index (χ1v) is 10.5. The normalized spacial score (nSPS) is 17.1. The van der Waals surface area contributed by atoms with Crippen molar-refractivity contribution in [3.63, 3.8) is 0 Å². The first kappa shape index (κ1) is 18.7. The van der Waals surface area contributed by atoms with Gasteiger partial charge in [0.05, 0.1) is 12.0 Å². The standard InChI is InChI=1S/C23H24N4O3/c28-22(17-6-4-7-17)25-11-13-26(14-12-25)23(29)20-16-19(21-10-5-15-30-21)24-27(20)18-8-2-1-3-9-18/h1-3,5,8-10,15-17H,4,6-7,11-14H2. The van der Waals surface area contributed by atoms with E-state index in [1.807, 2.05) is 46.2 Å². The van der Waals surface area contributed by atoms with Crippen LogP contribution in [0, 0.1) is 5.92 Å². The highest BCUT2D eigenvalue weighted by Gasteiger charge is 2.33. The first-order valence-electron chi connectivity index (χ1n) is 10.5. The molecule has 0 bridgehead atoms. The third-order valence-corrected chi connectivity index (χ3v) is 6.04. The summed E-state index contributed by atoms with van der Waals surface area (Å²) in [6, 6.07) is 15.0. The van der Waals surface area contributed by atoms with E-state index >= 15 is 0 Å². The summed E-state index contributed by atoms with van der Waals surface area (Å²) in [4.78, 5) is 29.6. The summed E-state index contributed by atoms with van der Waals surface area (Å²) in [5.41, 5.74) is 1.93. The number of rotatable bonds is 4. The van der Waals surface area contributed by atoms with Crippen molar-refractivity contribution < 1.29 is 14.0 Å². The second-order valence-electron chi connectivity index (χ2n) is 7.88. The third-order valence-electron chi connectivity index (χ3n) is 6.04. The number of carbonyl (C=O) groups excluding carboxylic acids is 2. The topological polar surface area (TPSA) is 71.6 Å². The molecule has 30 heavy (non-hydrogen) atoms. The Hall–Kier alpha value is -3.35. The quantitative estimate of drug-likeness (QED) is 0.669. The molecule has 1 aliphatic heterocycles. The molecule has 1 saturated heterocycles. The van der Waals surface area contributed by atoms with E-state index < -0.39 is 0 Å². The molecular weight excluding hydrogens is 380 g/mol. The van der Waals surface area contributed by atoms with Gasteiger partial charge >= 0.3 is 0 Å². The van der Waals surface area contributed by atoms with Crippen LogP contribution in [0.4, 0.5) is 0 Å². The van der Waals surface area contributed by atoms with Crippen LogP contribution >= 0.6 is 0 Å². The minimum atomic E-state index is -0.0834. The molecule has 1 saturated carbocycles. The average molecular weight is 404 g/mol. The van der Waals surface area contributed by atoms with E-state index in [1.165, 1.54) is 0 Å². The Labute approximate surface area is 174 Å². The second kappa shape index (κ2) is 7.82. The van der Waals surface area contributed by atoms with Crippen molar-refractivity contribution in [3.05, 3.63) is 60.5 Å². The van der Waals surface area contributed by atoms with Crippen molar-refractivity contribution in [2.75, 3.05) is 26.2 Å². The van der Waals surface area contributed by atoms with Crippen LogP contribution in [0.1, 0.15) is 29.8 Å². The van der Waals surface area contributed by atoms with Crippen molar-refractivity contribution in [3.8, 4) is 17.1 Å². The van der Waals surface area contributed by atoms with Crippen molar-refractivity contribution >= 4 is 11.8 Å². The lowest BCUT2D eigenvalue weighted by Crippen LogP contribution is -2.52. The third kappa shape index (κ3) is 3.40. The summed E-state index contributed by atoms with van der Waals surface area (Å²) in [5, 5.41) is 4.63. The maximum absolute atomic E-state index is 13.4. The summed E-state index contributed by atoms with van der Waals surface area (Å²) in [7, 11) is 0. The van der Waals surface area contributed by atoms with Crippen LogP contribution in [0.2, 0.25) is 0 Å². The summed E-state index contributed by atoms with van der Waals surface area (Å²) in [5.74, 6) is 0.986. The number of benzene rings is 1. The van der Waals surface area contributed by atoms with E-state index in [4.69, 9.17) is 4.42 Å². The number of nitrogens with zero attached hydrogens (tertiary/aromatic N) is 4. The summed E-state index contributed by atoms with van der Waals surface area (Å²) >= 11 is 0. The number of para-hydroxylation sites is 1. The minimum Gasteiger partial charge on any atom is -0.463 e. The largest absolute Gasteiger partial charge is 0.463 e. The number of hydrogen-bond donors (Lipinski definition) is 0. The molecule has 3 heterocycles. The molecule has 0 N–H and O–H groups in total. The molecule has 3 aromatic rings. The van der Waals surface area contributed by atoms with E-state index in [9.17, 15) is 9.59 Å². The predicted octanol–water partition coefficient (Wildman–Crippen LogP) is 3.22. The smallest absolute Gasteiger partial charge is 0.272 e. The Morgan fingerprint density at radius 3 is 2.30 bits per heavy atom. The average Bonchev–Trinajstić information content (AvgIpc) is 3.43. The first-order chi connectivity index (χ1) is 14.7. The molecule has 0 unspecified atom stereocenters. The molecule has 5 rings (SSSR count). The molecule has 1 aromatic carbocycles. The molecule has 2 aliphatic rings. The van der Waals surface area contributed by atoms with Gasteiger partial charge in [0, 0.05) is 38.2 Å². The van der Waals surface area contributed by atoms with Crippen LogP contribution in [0.15, 0.2) is 59.2 Å². The second-order valence-corrected chi connectivity index (χ2v) is 7.88. The van der Waals surface area contributed by atoms with E-state index in [0.29, 0.717) is 43.3 Å². The van der Waals surface area contributed by atoms with Crippen LogP contribution in [0.3, 0.4) is 0 Å². The van der Waals surface area contributed by atoms with Crippen LogP contribution in [-0.2, 0) is 4.79 Å². The Balaban J connectivity index is 1.38. The van der Waals surface area contributed by atoms with Gasteiger partial charge in [-0.25, -0.2) is 4.68 Å². The minimum absolute atomic E-state index is 0.0834. The molecule has 154 valence electrons. The highest BCUT2D eigenvalue weighted by molar-refractivity contribution is 5.94. The monoisotopic (exact) mass is 404 g/mol. The Kier molecular flexibility index (Phi) is 4.86. The number of carbonyl (C=O) groups is 2. The van der Waals surface area contributed by atoms with Crippen molar-refractivity contribution in [2.24, 2.45) is 5.92 Å². The van der Waals surface area contributed by atoms with Crippen LogP contribution < -0.4 is 0 Å². The molecule has 0 spiro atoms. The molecule has 7 nitrogen and oxygen atoms in total. The van der Waals surface area contributed by atoms with E-state index in [0.717, 1.165) is 24.9 Å². The number of aromatic nitrogens is 2. The van der Waals surface area contributed by atoms with Gasteiger partial charge in [-0.1, -0.05) is 24.6 Å². The summed E-state index contributed by atoms with van der Waals surface area (Å²) < 4.78 is 7.16. The fourth-order valence-corrected chi connectivity index (χ4v) is 4.05. The van der Waals surface area contributed by atoms with Gasteiger partial charge in [-0.3, -0.25) is 9.59 Å². The number of amides is 2. The van der Waals surface area contributed by atoms with E-state index in [2.05, 4.69) is 5.10 Å². The summed E-state index contributed by atoms with van der Waals surface area (Å²) in [6.07, 6.45) is 4.75. The predicted molar refractivity (Wildman–Crippen MR) is 111 cm³/mol. The zero-order valence-electron chi connectivity index (χ0n) is 16.7. The van der Waals surface area contributed by atoms with Gasteiger partial charge in [-0.2, -0.15) is 5.10 Å². The highest BCUT2D eigenvalue weighted by atomic mass is 16.3. The molecule has 0 atom stereocenters. The lowest BCUT2D eigenvalue weighted by Gasteiger charge is -2.38. The molecule has 2 amide bonds. The molecule has 2 aromatic heterocycles. The SMILES string of the molecule is O=C(c1cc(-c2ccco2)nn1-c1ccccc1)N1CCN(C(=O)C2CCC2)CC1. The van der Waals surface area contributed by atoms with Gasteiger partial charge in [0.2, 0.25) is 5.91 Å². The zero-order valence-corrected chi connectivity index (χ0v) is 16.7. The lowest BCUT2D eigenvalue weighted by molar-refractivity contribution is -0.139. The Bertz CT molecular complexity index is 1030. The van der Waals surface area contributed by atoms with Gasteiger partial charge in [0.15, 0.2) is 5.76 Å². The number of furan rings is 1. The molecule has 7 heteroatoms. The van der Waals surface area contributed by atoms with Crippen molar-refractivity contribution in [1.82, 2.24) is 19.6 Å². The molecule has 1 aliphatic carbocycles. The van der Waals surface area contributed by atoms with Crippen LogP contribution in [-0.4, -0.2) is 57.6 Å². The number of piperazine rings is 1. The van der Waals surface area contributed by atoms with Crippen molar-refractivity contribution in [2.45, 2.75) is 19.3 Å². The fourth-order valence-electron chi connectivity index (χ4n) is 4.05.